The molecule has 1 amide bonds. The minimum absolute atomic E-state index is 0.0564. The van der Waals surface area contributed by atoms with E-state index in [-0.39, 0.29) is 35.2 Å². The lowest BCUT2D eigenvalue weighted by Gasteiger charge is -2.37. The maximum Gasteiger partial charge on any atom is 0.434 e. The number of pyridine rings is 2. The molecule has 13 heteroatoms. The Balaban J connectivity index is 1.14. The van der Waals surface area contributed by atoms with Crippen molar-refractivity contribution in [3.63, 3.8) is 0 Å². The third-order valence-corrected chi connectivity index (χ3v) is 12.3. The minimum Gasteiger partial charge on any atom is -0.493 e. The second-order valence-electron chi connectivity index (χ2n) is 13.9. The van der Waals surface area contributed by atoms with E-state index in [1.54, 1.807) is 24.4 Å². The number of amides is 1. The lowest BCUT2D eigenvalue weighted by molar-refractivity contribution is 0.0637. The molecule has 2 bridgehead atoms. The average molecular weight is 705 g/mol. The second kappa shape index (κ2) is 11.0. The van der Waals surface area contributed by atoms with Crippen LogP contribution >= 0.6 is 11.3 Å². The molecule has 3 fully saturated rings. The molecule has 2 N–H and O–H groups in total. The summed E-state index contributed by atoms with van der Waals surface area (Å²) in [5.74, 6) is -0.00903. The molecular formula is C38H30F2N6O4S. The van der Waals surface area contributed by atoms with Crippen molar-refractivity contribution in [1.82, 2.24) is 25.1 Å². The number of ether oxygens (including phenoxy) is 1. The van der Waals surface area contributed by atoms with Crippen LogP contribution in [0.2, 0.25) is 0 Å². The van der Waals surface area contributed by atoms with Crippen molar-refractivity contribution in [2.45, 2.75) is 50.1 Å². The summed E-state index contributed by atoms with van der Waals surface area (Å²) in [6.45, 7) is 0.689. The first kappa shape index (κ1) is 30.4. The highest BCUT2D eigenvalue weighted by molar-refractivity contribution is 7.23. The van der Waals surface area contributed by atoms with Gasteiger partial charge in [0.15, 0.2) is 11.6 Å². The smallest absolute Gasteiger partial charge is 0.434 e. The quantitative estimate of drug-likeness (QED) is 0.175. The van der Waals surface area contributed by atoms with Crippen LogP contribution < -0.4 is 15.8 Å². The van der Waals surface area contributed by atoms with Gasteiger partial charge in [0.1, 0.15) is 11.6 Å². The van der Waals surface area contributed by atoms with Gasteiger partial charge in [-0.3, -0.25) is 9.78 Å². The van der Waals surface area contributed by atoms with Crippen molar-refractivity contribution in [2.24, 2.45) is 5.92 Å². The van der Waals surface area contributed by atoms with E-state index in [2.05, 4.69) is 15.5 Å². The van der Waals surface area contributed by atoms with Gasteiger partial charge in [-0.1, -0.05) is 18.2 Å². The van der Waals surface area contributed by atoms with Gasteiger partial charge >= 0.3 is 5.76 Å². The Morgan fingerprint density at radius 2 is 1.92 bits per heavy atom. The summed E-state index contributed by atoms with van der Waals surface area (Å²) in [7, 11) is 1.49. The second-order valence-corrected chi connectivity index (χ2v) is 14.9. The molecule has 2 aliphatic carbocycles. The number of methoxy groups -OCH3 is 1. The Morgan fingerprint density at radius 3 is 2.71 bits per heavy atom. The van der Waals surface area contributed by atoms with Crippen LogP contribution in [0.1, 0.15) is 63.7 Å². The number of hydrogen-bond donors (Lipinski definition) is 2. The highest BCUT2D eigenvalue weighted by Crippen LogP contribution is 2.63. The highest BCUT2D eigenvalue weighted by Gasteiger charge is 2.65. The molecule has 10 nitrogen and oxygen atoms in total. The Bertz CT molecular complexity index is 2490. The predicted octanol–water partition coefficient (Wildman–Crippen LogP) is 6.95. The number of H-pyrrole nitrogens is 1. The van der Waals surface area contributed by atoms with Crippen LogP contribution in [0.5, 0.6) is 5.75 Å². The normalized spacial score (nSPS) is 21.2. The van der Waals surface area contributed by atoms with Gasteiger partial charge in [0.05, 0.1) is 45.9 Å². The summed E-state index contributed by atoms with van der Waals surface area (Å²) in [6.07, 6.45) is 5.89. The zero-order chi connectivity index (χ0) is 34.6. The van der Waals surface area contributed by atoms with E-state index in [4.69, 9.17) is 19.1 Å². The molecule has 1 spiro atoms. The molecule has 1 saturated carbocycles. The summed E-state index contributed by atoms with van der Waals surface area (Å²) in [5, 5.41) is 11.2. The van der Waals surface area contributed by atoms with Crippen molar-refractivity contribution in [3.05, 3.63) is 111 Å². The van der Waals surface area contributed by atoms with Gasteiger partial charge in [0.25, 0.3) is 11.8 Å². The molecular weight excluding hydrogens is 675 g/mol. The molecule has 256 valence electrons. The molecule has 6 aromatic rings. The van der Waals surface area contributed by atoms with Crippen molar-refractivity contribution >= 4 is 33.1 Å². The number of benzene rings is 2. The van der Waals surface area contributed by atoms with Crippen LogP contribution in [0, 0.1) is 17.6 Å². The van der Waals surface area contributed by atoms with E-state index < -0.39 is 11.3 Å². The fourth-order valence-corrected chi connectivity index (χ4v) is 10.0. The van der Waals surface area contributed by atoms with Crippen molar-refractivity contribution in [3.8, 4) is 27.6 Å². The van der Waals surface area contributed by atoms with Gasteiger partial charge in [-0.25, -0.2) is 23.7 Å². The van der Waals surface area contributed by atoms with E-state index in [9.17, 15) is 18.4 Å². The molecule has 51 heavy (non-hydrogen) atoms. The van der Waals surface area contributed by atoms with E-state index in [0.717, 1.165) is 56.6 Å². The largest absolute Gasteiger partial charge is 0.493 e. The van der Waals surface area contributed by atoms with E-state index in [0.29, 0.717) is 59.9 Å². The molecule has 4 aromatic heterocycles. The number of aromatic amines is 1. The molecule has 1 atom stereocenters. The van der Waals surface area contributed by atoms with Gasteiger partial charge in [-0.2, -0.15) is 0 Å². The minimum atomic E-state index is -0.714. The summed E-state index contributed by atoms with van der Waals surface area (Å²) in [5.41, 5.74) is 5.38. The topological polar surface area (TPSA) is 126 Å². The number of aryl methyl sites for hydroxylation is 2. The summed E-state index contributed by atoms with van der Waals surface area (Å²) < 4.78 is 40.1. The number of carbonyl (C=O) groups excluding carboxylic acids is 1. The molecule has 5 aliphatic rings. The SMILES string of the molecule is COc1c(F)ccc2c1CC[C@@H]2Nc1nccc2cc(-c3c4c(nc(CCc5ccc(F)cc5)c3-c3n[nH]c(=O)o3)C35CC(CN3C4=O)C5)sc12. The molecule has 3 aliphatic heterocycles. The van der Waals surface area contributed by atoms with E-state index >= 15 is 0 Å². The van der Waals surface area contributed by atoms with Crippen LogP contribution in [-0.2, 0) is 24.8 Å². The van der Waals surface area contributed by atoms with Crippen molar-refractivity contribution in [1.29, 1.82) is 0 Å². The zero-order valence-corrected chi connectivity index (χ0v) is 28.2. The number of carbonyl (C=O) groups is 1. The number of hydrogen-bond acceptors (Lipinski definition) is 9. The predicted molar refractivity (Wildman–Crippen MR) is 186 cm³/mol. The number of thiophene rings is 1. The average Bonchev–Trinajstić information content (AvgIpc) is 3.96. The van der Waals surface area contributed by atoms with Crippen LogP contribution in [-0.4, -0.2) is 44.6 Å². The number of fused-ring (bicyclic) bond motifs is 3. The standard InChI is InChI=1S/C38H30F2N6O4S/c1-49-31-23-8-11-25(22(23)7-9-24(31)40)43-34-32-20(12-13-41-34)14-27(51-32)29-28(35-44-45-37(48)50-35)26(10-4-18-2-5-21(39)6-3-18)42-33-30(29)36(47)46-17-19-15-38(33,46)16-19/h2-3,5-7,9,12-14,19,25H,4,8,10-11,15-17H2,1H3,(H,41,43)(H,45,48)/t19?,25-,38?/m0/s1. The lowest BCUT2D eigenvalue weighted by atomic mass is 9.71. The van der Waals surface area contributed by atoms with Crippen LogP contribution in [0.15, 0.2) is 63.9 Å². The number of nitrogens with zero attached hydrogens (tertiary/aromatic N) is 4. The Morgan fingerprint density at radius 1 is 1.08 bits per heavy atom. The van der Waals surface area contributed by atoms with Crippen LogP contribution in [0.25, 0.3) is 32.0 Å². The Labute approximate surface area is 293 Å². The first-order valence-corrected chi connectivity index (χ1v) is 17.8. The Hall–Kier alpha value is -5.43. The van der Waals surface area contributed by atoms with Crippen molar-refractivity contribution < 1.29 is 22.7 Å². The number of aromatic nitrogens is 4. The zero-order valence-electron chi connectivity index (χ0n) is 27.4. The maximum absolute atomic E-state index is 14.5. The number of nitrogens with one attached hydrogen (secondary N) is 2. The van der Waals surface area contributed by atoms with Gasteiger partial charge in [0, 0.05) is 28.7 Å². The van der Waals surface area contributed by atoms with Crippen LogP contribution in [0.4, 0.5) is 14.6 Å². The fourth-order valence-electron chi connectivity index (χ4n) is 8.87. The summed E-state index contributed by atoms with van der Waals surface area (Å²) in [6, 6.07) is 13.5. The summed E-state index contributed by atoms with van der Waals surface area (Å²) in [4.78, 5) is 39.5. The molecule has 7 heterocycles. The first-order chi connectivity index (χ1) is 24.8. The molecule has 2 aromatic carbocycles. The van der Waals surface area contributed by atoms with E-state index in [1.165, 1.54) is 36.6 Å². The molecule has 11 rings (SSSR count). The maximum atomic E-state index is 14.5. The number of anilines is 1. The fraction of sp³-hybridized carbons (Fsp3) is 0.289. The highest BCUT2D eigenvalue weighted by atomic mass is 32.1. The van der Waals surface area contributed by atoms with E-state index in [1.807, 2.05) is 17.0 Å². The summed E-state index contributed by atoms with van der Waals surface area (Å²) >= 11 is 1.49. The first-order valence-electron chi connectivity index (χ1n) is 17.0. The van der Waals surface area contributed by atoms with Crippen molar-refractivity contribution in [2.75, 3.05) is 19.0 Å². The number of halogens is 2. The van der Waals surface area contributed by atoms with Gasteiger partial charge in [0.2, 0.25) is 0 Å². The van der Waals surface area contributed by atoms with Gasteiger partial charge in [-0.15, -0.1) is 16.4 Å². The van der Waals surface area contributed by atoms with Gasteiger partial charge < -0.3 is 19.4 Å². The molecule has 2 saturated heterocycles. The molecule has 0 unspecified atom stereocenters. The lowest BCUT2D eigenvalue weighted by Crippen LogP contribution is -2.40. The number of rotatable bonds is 8. The monoisotopic (exact) mass is 704 g/mol. The Kier molecular flexibility index (Phi) is 6.58. The third kappa shape index (κ3) is 4.46. The van der Waals surface area contributed by atoms with Gasteiger partial charge in [-0.05, 0) is 91.3 Å². The van der Waals surface area contributed by atoms with Crippen LogP contribution in [0.3, 0.4) is 0 Å². The molecule has 0 radical (unpaired) electrons. The third-order valence-electron chi connectivity index (χ3n) is 11.1.